The topological polar surface area (TPSA) is 89.5 Å². The van der Waals surface area contributed by atoms with Gasteiger partial charge in [-0.3, -0.25) is 0 Å². The molecule has 8 heteroatoms. The summed E-state index contributed by atoms with van der Waals surface area (Å²) < 4.78 is 17.2. The number of aliphatic hydroxyl groups is 1. The Kier molecular flexibility index (Phi) is 5.92. The van der Waals surface area contributed by atoms with Crippen molar-refractivity contribution in [3.8, 4) is 29.1 Å². The number of aromatic nitrogens is 3. The number of hydrogen-bond donors (Lipinski definition) is 2. The number of ether oxygens (including phenoxy) is 3. The van der Waals surface area contributed by atoms with Crippen LogP contribution in [-0.4, -0.2) is 57.7 Å². The fourth-order valence-electron chi connectivity index (χ4n) is 4.99. The van der Waals surface area contributed by atoms with Crippen LogP contribution in [0.2, 0.25) is 5.02 Å². The van der Waals surface area contributed by atoms with Crippen molar-refractivity contribution in [2.45, 2.75) is 56.5 Å². The molecule has 2 aromatic heterocycles. The first-order valence-corrected chi connectivity index (χ1v) is 12.3. The number of halogens is 1. The molecule has 1 aliphatic carbocycles. The van der Waals surface area contributed by atoms with Crippen LogP contribution >= 0.6 is 11.6 Å². The molecule has 176 valence electrons. The molecule has 3 fully saturated rings. The molecule has 2 N–H and O–H groups in total. The van der Waals surface area contributed by atoms with Crippen molar-refractivity contribution in [2.75, 3.05) is 13.2 Å². The van der Waals surface area contributed by atoms with Gasteiger partial charge in [0.05, 0.1) is 29.4 Å². The van der Waals surface area contributed by atoms with E-state index in [9.17, 15) is 5.11 Å². The maximum atomic E-state index is 9.91. The normalized spacial score (nSPS) is 26.9. The number of imidazole rings is 1. The molecule has 3 aliphatic rings. The SMILES string of the molecule is O[C@@H]1CO[C@H]2[C@@H]1OC[C@H]2Oc1nc2nc(-c3ccc(C#CC4CCCCC4)cc3)c(Cl)cc2[nH]1. The van der Waals surface area contributed by atoms with E-state index in [0.717, 1.165) is 11.1 Å². The van der Waals surface area contributed by atoms with Crippen molar-refractivity contribution < 1.29 is 19.3 Å². The molecule has 0 spiro atoms. The van der Waals surface area contributed by atoms with Gasteiger partial charge >= 0.3 is 0 Å². The average molecular weight is 480 g/mol. The van der Waals surface area contributed by atoms with Gasteiger partial charge in [0.25, 0.3) is 6.01 Å². The Morgan fingerprint density at radius 1 is 1.03 bits per heavy atom. The molecule has 6 rings (SSSR count). The Balaban J connectivity index is 1.19. The Labute approximate surface area is 202 Å². The summed E-state index contributed by atoms with van der Waals surface area (Å²) in [6, 6.07) is 10.1. The summed E-state index contributed by atoms with van der Waals surface area (Å²) in [5, 5.41) is 10.4. The van der Waals surface area contributed by atoms with Crippen LogP contribution in [0.4, 0.5) is 0 Å². The lowest BCUT2D eigenvalue weighted by molar-refractivity contribution is 0.00706. The highest BCUT2D eigenvalue weighted by Crippen LogP contribution is 2.32. The van der Waals surface area contributed by atoms with Crippen LogP contribution in [0, 0.1) is 17.8 Å². The molecule has 2 aliphatic heterocycles. The number of fused-ring (bicyclic) bond motifs is 2. The maximum Gasteiger partial charge on any atom is 0.296 e. The second-order valence-corrected chi connectivity index (χ2v) is 9.64. The standard InChI is InChI=1S/C26H26ClN3O4/c27-18-12-19-25(30-26(28-19)34-21-14-33-23-20(31)13-32-24(21)23)29-22(18)17-10-8-16(9-11-17)7-6-15-4-2-1-3-5-15/h8-12,15,20-21,23-24,31H,1-5,13-14H2,(H,28,29,30)/t20-,21-,23-,24-/m1/s1. The molecule has 4 heterocycles. The van der Waals surface area contributed by atoms with Crippen molar-refractivity contribution in [1.82, 2.24) is 15.0 Å². The van der Waals surface area contributed by atoms with E-state index in [1.807, 2.05) is 24.3 Å². The smallest absolute Gasteiger partial charge is 0.296 e. The molecule has 0 unspecified atom stereocenters. The first-order valence-electron chi connectivity index (χ1n) is 11.9. The summed E-state index contributed by atoms with van der Waals surface area (Å²) in [6.07, 6.45) is 4.70. The quantitative estimate of drug-likeness (QED) is 0.549. The van der Waals surface area contributed by atoms with Gasteiger partial charge in [0.1, 0.15) is 18.3 Å². The van der Waals surface area contributed by atoms with E-state index in [2.05, 4.69) is 26.8 Å². The van der Waals surface area contributed by atoms with Gasteiger partial charge in [0, 0.05) is 17.0 Å². The summed E-state index contributed by atoms with van der Waals surface area (Å²) in [5.74, 6) is 7.27. The van der Waals surface area contributed by atoms with Crippen molar-refractivity contribution >= 4 is 22.8 Å². The van der Waals surface area contributed by atoms with Gasteiger partial charge in [-0.15, -0.1) is 0 Å². The zero-order valence-corrected chi connectivity index (χ0v) is 19.4. The third-order valence-electron chi connectivity index (χ3n) is 6.83. The van der Waals surface area contributed by atoms with E-state index in [0.29, 0.717) is 40.4 Å². The van der Waals surface area contributed by atoms with Gasteiger partial charge < -0.3 is 24.3 Å². The minimum Gasteiger partial charge on any atom is -0.456 e. The number of hydrogen-bond acceptors (Lipinski definition) is 6. The highest BCUT2D eigenvalue weighted by Gasteiger charge is 2.48. The zero-order valence-electron chi connectivity index (χ0n) is 18.7. The van der Waals surface area contributed by atoms with Gasteiger partial charge in [0.2, 0.25) is 0 Å². The van der Waals surface area contributed by atoms with Gasteiger partial charge in [-0.1, -0.05) is 54.8 Å². The number of benzene rings is 1. The molecule has 3 aromatic rings. The van der Waals surface area contributed by atoms with Crippen LogP contribution in [0.25, 0.3) is 22.4 Å². The Hall–Kier alpha value is -2.63. The second-order valence-electron chi connectivity index (χ2n) is 9.23. The fraction of sp³-hybridized carbons (Fsp3) is 0.462. The van der Waals surface area contributed by atoms with E-state index < -0.39 is 6.10 Å². The minimum atomic E-state index is -0.623. The molecule has 34 heavy (non-hydrogen) atoms. The summed E-state index contributed by atoms with van der Waals surface area (Å²) >= 11 is 6.56. The first-order chi connectivity index (χ1) is 16.6. The zero-order chi connectivity index (χ0) is 23.1. The number of pyridine rings is 1. The van der Waals surface area contributed by atoms with E-state index >= 15 is 0 Å². The van der Waals surface area contributed by atoms with Crippen molar-refractivity contribution in [1.29, 1.82) is 0 Å². The monoisotopic (exact) mass is 479 g/mol. The van der Waals surface area contributed by atoms with E-state index in [4.69, 9.17) is 25.8 Å². The average Bonchev–Trinajstić information content (AvgIpc) is 3.55. The first kappa shape index (κ1) is 21.9. The number of aromatic amines is 1. The second kappa shape index (κ2) is 9.20. The van der Waals surface area contributed by atoms with Crippen LogP contribution in [0.3, 0.4) is 0 Å². The molecular weight excluding hydrogens is 454 g/mol. The van der Waals surface area contributed by atoms with Crippen LogP contribution in [0.1, 0.15) is 37.7 Å². The van der Waals surface area contributed by atoms with Crippen LogP contribution < -0.4 is 4.74 Å². The molecule has 0 amide bonds. The number of aliphatic hydroxyl groups excluding tert-OH is 1. The summed E-state index contributed by atoms with van der Waals surface area (Å²) in [6.45, 7) is 0.583. The molecule has 4 atom stereocenters. The number of H-pyrrole nitrogens is 1. The van der Waals surface area contributed by atoms with Crippen LogP contribution in [-0.2, 0) is 9.47 Å². The van der Waals surface area contributed by atoms with Crippen molar-refractivity contribution in [3.63, 3.8) is 0 Å². The predicted molar refractivity (Wildman–Crippen MR) is 128 cm³/mol. The molecule has 0 bridgehead atoms. The molecule has 7 nitrogen and oxygen atoms in total. The van der Waals surface area contributed by atoms with Crippen molar-refractivity contribution in [3.05, 3.63) is 40.9 Å². The predicted octanol–water partition coefficient (Wildman–Crippen LogP) is 4.12. The summed E-state index contributed by atoms with van der Waals surface area (Å²) in [4.78, 5) is 12.3. The highest BCUT2D eigenvalue weighted by atomic mass is 35.5. The largest absolute Gasteiger partial charge is 0.456 e. The lowest BCUT2D eigenvalue weighted by Crippen LogP contribution is -2.34. The Morgan fingerprint density at radius 2 is 1.82 bits per heavy atom. The molecule has 1 aromatic carbocycles. The lowest BCUT2D eigenvalue weighted by Gasteiger charge is -2.15. The van der Waals surface area contributed by atoms with Crippen molar-refractivity contribution in [2.24, 2.45) is 5.92 Å². The van der Waals surface area contributed by atoms with Gasteiger partial charge in [0.15, 0.2) is 11.8 Å². The summed E-state index contributed by atoms with van der Waals surface area (Å²) in [5.41, 5.74) is 3.75. The van der Waals surface area contributed by atoms with E-state index in [1.165, 1.54) is 32.1 Å². The molecule has 2 saturated heterocycles. The summed E-state index contributed by atoms with van der Waals surface area (Å²) in [7, 11) is 0. The van der Waals surface area contributed by atoms with E-state index in [1.54, 1.807) is 6.07 Å². The molecular formula is C26H26ClN3O4. The number of nitrogens with zero attached hydrogens (tertiary/aromatic N) is 2. The fourth-order valence-corrected chi connectivity index (χ4v) is 5.25. The van der Waals surface area contributed by atoms with Gasteiger partial charge in [-0.2, -0.15) is 4.98 Å². The number of nitrogens with one attached hydrogen (secondary N) is 1. The Bertz CT molecular complexity index is 1240. The van der Waals surface area contributed by atoms with Gasteiger partial charge in [-0.25, -0.2) is 4.98 Å². The van der Waals surface area contributed by atoms with E-state index in [-0.39, 0.29) is 24.9 Å². The Morgan fingerprint density at radius 3 is 2.65 bits per heavy atom. The van der Waals surface area contributed by atoms with Gasteiger partial charge in [-0.05, 0) is 31.0 Å². The maximum absolute atomic E-state index is 9.91. The molecule has 0 radical (unpaired) electrons. The highest BCUT2D eigenvalue weighted by molar-refractivity contribution is 6.33. The van der Waals surface area contributed by atoms with Crippen LogP contribution in [0.15, 0.2) is 30.3 Å². The third-order valence-corrected chi connectivity index (χ3v) is 7.12. The third kappa shape index (κ3) is 4.27. The lowest BCUT2D eigenvalue weighted by atomic mass is 9.89. The molecule has 1 saturated carbocycles. The number of rotatable bonds is 3. The minimum absolute atomic E-state index is 0.251. The van der Waals surface area contributed by atoms with Crippen LogP contribution in [0.5, 0.6) is 6.01 Å².